The third-order valence-corrected chi connectivity index (χ3v) is 6.51. The molecule has 1 atom stereocenters. The number of rotatable bonds is 9. The molecule has 34 heavy (non-hydrogen) atoms. The quantitative estimate of drug-likeness (QED) is 0.279. The van der Waals surface area contributed by atoms with Crippen molar-refractivity contribution in [1.29, 1.82) is 0 Å². The summed E-state index contributed by atoms with van der Waals surface area (Å²) in [5.74, 6) is -0.300. The fourth-order valence-corrected chi connectivity index (χ4v) is 4.53. The highest BCUT2D eigenvalue weighted by Gasteiger charge is 2.15. The molecular weight excluding hydrogens is 449 g/mol. The Morgan fingerprint density at radius 2 is 1.71 bits per heavy atom. The Hall–Kier alpha value is -3.45. The zero-order valence-corrected chi connectivity index (χ0v) is 19.7. The van der Waals surface area contributed by atoms with E-state index in [2.05, 4.69) is 22.4 Å². The van der Waals surface area contributed by atoms with E-state index in [4.69, 9.17) is 0 Å². The van der Waals surface area contributed by atoms with E-state index < -0.39 is 0 Å². The van der Waals surface area contributed by atoms with Crippen molar-refractivity contribution >= 4 is 28.6 Å². The summed E-state index contributed by atoms with van der Waals surface area (Å²) in [6, 6.07) is 23.4. The number of para-hydroxylation sites is 1. The number of benzene rings is 3. The number of thioether (sulfide) groups is 1. The van der Waals surface area contributed by atoms with Crippen molar-refractivity contribution in [2.75, 3.05) is 5.75 Å². The highest BCUT2D eigenvalue weighted by atomic mass is 32.2. The molecule has 174 valence electrons. The molecule has 3 aromatic carbocycles. The summed E-state index contributed by atoms with van der Waals surface area (Å²) in [4.78, 5) is 30.5. The molecule has 0 aliphatic heterocycles. The lowest BCUT2D eigenvalue weighted by Crippen LogP contribution is -2.34. The number of carbonyl (C=O) groups excluding carboxylic acids is 1. The van der Waals surface area contributed by atoms with Gasteiger partial charge in [0.25, 0.3) is 5.56 Å². The highest BCUT2D eigenvalue weighted by molar-refractivity contribution is 7.99. The van der Waals surface area contributed by atoms with Crippen LogP contribution in [0.3, 0.4) is 0 Å². The van der Waals surface area contributed by atoms with E-state index in [9.17, 15) is 14.0 Å². The predicted molar refractivity (Wildman–Crippen MR) is 135 cm³/mol. The number of carbonyl (C=O) groups is 1. The summed E-state index contributed by atoms with van der Waals surface area (Å²) in [6.45, 7) is 2.23. The smallest absolute Gasteiger partial charge is 0.262 e. The first kappa shape index (κ1) is 23.7. The van der Waals surface area contributed by atoms with Gasteiger partial charge < -0.3 is 5.32 Å². The third kappa shape index (κ3) is 6.11. The Morgan fingerprint density at radius 3 is 2.47 bits per heavy atom. The fraction of sp³-hybridized carbons (Fsp3) is 0.222. The first-order valence-electron chi connectivity index (χ1n) is 11.2. The molecule has 4 rings (SSSR count). The number of amides is 1. The van der Waals surface area contributed by atoms with E-state index in [0.717, 1.165) is 18.4 Å². The van der Waals surface area contributed by atoms with Crippen LogP contribution < -0.4 is 10.9 Å². The normalized spacial score (nSPS) is 11.9. The van der Waals surface area contributed by atoms with Crippen molar-refractivity contribution in [3.05, 3.63) is 106 Å². The SMILES string of the molecule is C[C@H](CCc1ccccc1)NC(=O)CSc1nc2ccccc2c(=O)n1Cc1ccc(F)cc1. The van der Waals surface area contributed by atoms with Crippen LogP contribution in [0.5, 0.6) is 0 Å². The van der Waals surface area contributed by atoms with Crippen molar-refractivity contribution in [2.45, 2.75) is 37.5 Å². The summed E-state index contributed by atoms with van der Waals surface area (Å²) in [6.07, 6.45) is 1.72. The van der Waals surface area contributed by atoms with E-state index in [-0.39, 0.29) is 35.6 Å². The third-order valence-electron chi connectivity index (χ3n) is 5.53. The maximum atomic E-state index is 13.3. The van der Waals surface area contributed by atoms with Crippen molar-refractivity contribution in [3.63, 3.8) is 0 Å². The molecule has 0 radical (unpaired) electrons. The zero-order chi connectivity index (χ0) is 23.9. The van der Waals surface area contributed by atoms with Gasteiger partial charge in [0, 0.05) is 6.04 Å². The lowest BCUT2D eigenvalue weighted by molar-refractivity contribution is -0.119. The number of aryl methyl sites for hydroxylation is 1. The first-order chi connectivity index (χ1) is 16.5. The van der Waals surface area contributed by atoms with Gasteiger partial charge in [0.2, 0.25) is 5.91 Å². The molecule has 1 amide bonds. The monoisotopic (exact) mass is 475 g/mol. The van der Waals surface area contributed by atoms with Crippen LogP contribution in [0.1, 0.15) is 24.5 Å². The van der Waals surface area contributed by atoms with Crippen molar-refractivity contribution < 1.29 is 9.18 Å². The van der Waals surface area contributed by atoms with Gasteiger partial charge in [0.1, 0.15) is 5.82 Å². The molecule has 0 bridgehead atoms. The first-order valence-corrected chi connectivity index (χ1v) is 12.2. The second kappa shape index (κ2) is 11.1. The summed E-state index contributed by atoms with van der Waals surface area (Å²) in [5.41, 5.74) is 2.42. The Bertz CT molecular complexity index is 1320. The van der Waals surface area contributed by atoms with Crippen LogP contribution in [0.25, 0.3) is 10.9 Å². The topological polar surface area (TPSA) is 64.0 Å². The van der Waals surface area contributed by atoms with E-state index in [1.807, 2.05) is 31.2 Å². The average Bonchev–Trinajstić information content (AvgIpc) is 2.85. The average molecular weight is 476 g/mol. The summed E-state index contributed by atoms with van der Waals surface area (Å²) in [5, 5.41) is 4.00. The van der Waals surface area contributed by atoms with Gasteiger partial charge in [-0.1, -0.05) is 66.4 Å². The zero-order valence-electron chi connectivity index (χ0n) is 18.9. The van der Waals surface area contributed by atoms with Crippen LogP contribution in [0.2, 0.25) is 0 Å². The number of halogens is 1. The second-order valence-electron chi connectivity index (χ2n) is 8.21. The van der Waals surface area contributed by atoms with E-state index >= 15 is 0 Å². The molecule has 0 unspecified atom stereocenters. The van der Waals surface area contributed by atoms with Crippen LogP contribution in [-0.4, -0.2) is 27.3 Å². The van der Waals surface area contributed by atoms with Crippen LogP contribution in [0.4, 0.5) is 4.39 Å². The molecule has 7 heteroatoms. The second-order valence-corrected chi connectivity index (χ2v) is 9.15. The molecule has 1 heterocycles. The van der Waals surface area contributed by atoms with Crippen molar-refractivity contribution in [1.82, 2.24) is 14.9 Å². The minimum Gasteiger partial charge on any atom is -0.353 e. The van der Waals surface area contributed by atoms with Gasteiger partial charge >= 0.3 is 0 Å². The van der Waals surface area contributed by atoms with Crippen LogP contribution in [-0.2, 0) is 17.8 Å². The fourth-order valence-electron chi connectivity index (χ4n) is 3.72. The molecule has 4 aromatic rings. The molecule has 1 N–H and O–H groups in total. The molecule has 5 nitrogen and oxygen atoms in total. The molecule has 0 spiro atoms. The van der Waals surface area contributed by atoms with Gasteiger partial charge in [-0.05, 0) is 55.2 Å². The Labute approximate surface area is 202 Å². The number of hydrogen-bond acceptors (Lipinski definition) is 4. The van der Waals surface area contributed by atoms with Crippen molar-refractivity contribution in [2.24, 2.45) is 0 Å². The molecule has 0 aliphatic carbocycles. The highest BCUT2D eigenvalue weighted by Crippen LogP contribution is 2.19. The van der Waals surface area contributed by atoms with Gasteiger partial charge in [0.05, 0.1) is 23.2 Å². The minimum absolute atomic E-state index is 0.0271. The number of fused-ring (bicyclic) bond motifs is 1. The lowest BCUT2D eigenvalue weighted by Gasteiger charge is -2.15. The van der Waals surface area contributed by atoms with E-state index in [1.165, 1.54) is 29.5 Å². The van der Waals surface area contributed by atoms with E-state index in [0.29, 0.717) is 16.1 Å². The van der Waals surface area contributed by atoms with Crippen LogP contribution in [0, 0.1) is 5.82 Å². The van der Waals surface area contributed by atoms with Gasteiger partial charge in [0.15, 0.2) is 5.16 Å². The molecule has 0 fully saturated rings. The minimum atomic E-state index is -0.333. The summed E-state index contributed by atoms with van der Waals surface area (Å²) < 4.78 is 14.9. The maximum Gasteiger partial charge on any atom is 0.262 e. The maximum absolute atomic E-state index is 13.3. The lowest BCUT2D eigenvalue weighted by atomic mass is 10.1. The van der Waals surface area contributed by atoms with E-state index in [1.54, 1.807) is 34.9 Å². The summed E-state index contributed by atoms with van der Waals surface area (Å²) in [7, 11) is 0. The standard InChI is InChI=1S/C27H26FN3O2S/c1-19(11-12-20-7-3-2-4-8-20)29-25(32)18-34-27-30-24-10-6-5-9-23(24)26(33)31(27)17-21-13-15-22(28)16-14-21/h2-10,13-16,19H,11-12,17-18H2,1H3,(H,29,32)/t19-/m1/s1. The summed E-state index contributed by atoms with van der Waals surface area (Å²) >= 11 is 1.23. The number of nitrogens with zero attached hydrogens (tertiary/aromatic N) is 2. The van der Waals surface area contributed by atoms with Gasteiger partial charge in [-0.15, -0.1) is 0 Å². The van der Waals surface area contributed by atoms with Gasteiger partial charge in [-0.2, -0.15) is 0 Å². The van der Waals surface area contributed by atoms with Crippen molar-refractivity contribution in [3.8, 4) is 0 Å². The number of aromatic nitrogens is 2. The van der Waals surface area contributed by atoms with Crippen LogP contribution in [0.15, 0.2) is 88.8 Å². The predicted octanol–water partition coefficient (Wildman–Crippen LogP) is 4.81. The molecule has 0 saturated heterocycles. The molecule has 1 aromatic heterocycles. The Kier molecular flexibility index (Phi) is 7.75. The molecular formula is C27H26FN3O2S. The van der Waals surface area contributed by atoms with Crippen LogP contribution >= 0.6 is 11.8 Å². The Morgan fingerprint density at radius 1 is 1.00 bits per heavy atom. The van der Waals surface area contributed by atoms with Gasteiger partial charge in [-0.25, -0.2) is 9.37 Å². The van der Waals surface area contributed by atoms with Gasteiger partial charge in [-0.3, -0.25) is 14.2 Å². The molecule has 0 aliphatic rings. The number of nitrogens with one attached hydrogen (secondary N) is 1. The molecule has 0 saturated carbocycles. The number of hydrogen-bond donors (Lipinski definition) is 1. The Balaban J connectivity index is 1.46. The largest absolute Gasteiger partial charge is 0.353 e.